The van der Waals surface area contributed by atoms with E-state index in [1.165, 1.54) is 11.1 Å². The molecule has 0 aliphatic heterocycles. The number of aromatic nitrogens is 5. The Kier molecular flexibility index (Phi) is 4.59. The highest BCUT2D eigenvalue weighted by Crippen LogP contribution is 2.20. The molecular weight excluding hydrogens is 334 g/mol. The molecule has 0 unspecified atom stereocenters. The first-order chi connectivity index (χ1) is 13.2. The van der Waals surface area contributed by atoms with E-state index in [1.54, 1.807) is 0 Å². The highest BCUT2D eigenvalue weighted by molar-refractivity contribution is 5.66. The molecule has 3 aromatic heterocycles. The molecular formula is C22H23N5. The Morgan fingerprint density at radius 3 is 2.56 bits per heavy atom. The molecule has 0 bridgehead atoms. The third kappa shape index (κ3) is 3.53. The maximum absolute atomic E-state index is 4.61. The minimum atomic E-state index is 0.745. The molecule has 4 rings (SSSR count). The molecule has 0 amide bonds. The van der Waals surface area contributed by atoms with Gasteiger partial charge in [0.25, 0.3) is 0 Å². The van der Waals surface area contributed by atoms with Gasteiger partial charge in [0.05, 0.1) is 42.0 Å². The predicted octanol–water partition coefficient (Wildman–Crippen LogP) is 4.63. The summed E-state index contributed by atoms with van der Waals surface area (Å²) in [6.07, 6.45) is 9.60. The van der Waals surface area contributed by atoms with Crippen molar-refractivity contribution in [2.45, 2.75) is 33.2 Å². The zero-order valence-corrected chi connectivity index (χ0v) is 15.8. The number of fused-ring (bicyclic) bond motifs is 1. The molecule has 0 atom stereocenters. The third-order valence-electron chi connectivity index (χ3n) is 4.84. The van der Waals surface area contributed by atoms with E-state index in [2.05, 4.69) is 59.9 Å². The lowest BCUT2D eigenvalue weighted by atomic mass is 10.1. The first-order valence-electron chi connectivity index (χ1n) is 9.30. The minimum Gasteiger partial charge on any atom is -0.268 e. The van der Waals surface area contributed by atoms with Gasteiger partial charge in [0, 0.05) is 11.8 Å². The van der Waals surface area contributed by atoms with Crippen LogP contribution in [0.15, 0.2) is 61.7 Å². The summed E-state index contributed by atoms with van der Waals surface area (Å²) in [5.41, 5.74) is 7.33. The topological polar surface area (TPSA) is 48.0 Å². The Morgan fingerprint density at radius 2 is 1.81 bits per heavy atom. The number of benzene rings is 1. The predicted molar refractivity (Wildman–Crippen MR) is 108 cm³/mol. The van der Waals surface area contributed by atoms with E-state index >= 15 is 0 Å². The normalized spacial score (nSPS) is 11.2. The second kappa shape index (κ2) is 7.19. The SMILES string of the molecule is C=C(CC)c1cc2cnc(-c3cnn(Cc4ccc(CC)cc4)c3)cn2n1. The summed E-state index contributed by atoms with van der Waals surface area (Å²) in [5, 5.41) is 9.10. The van der Waals surface area contributed by atoms with Crippen molar-refractivity contribution in [1.29, 1.82) is 0 Å². The second-order valence-electron chi connectivity index (χ2n) is 6.73. The first-order valence-corrected chi connectivity index (χ1v) is 9.30. The van der Waals surface area contributed by atoms with Crippen molar-refractivity contribution in [3.8, 4) is 11.3 Å². The van der Waals surface area contributed by atoms with Crippen LogP contribution in [0.1, 0.15) is 37.1 Å². The van der Waals surface area contributed by atoms with Gasteiger partial charge in [-0.1, -0.05) is 44.7 Å². The molecule has 0 spiro atoms. The Hall–Kier alpha value is -3.21. The first kappa shape index (κ1) is 17.2. The molecule has 5 heteroatoms. The van der Waals surface area contributed by atoms with Crippen LogP contribution < -0.4 is 0 Å². The largest absolute Gasteiger partial charge is 0.268 e. The van der Waals surface area contributed by atoms with Crippen LogP contribution in [0.3, 0.4) is 0 Å². The quantitative estimate of drug-likeness (QED) is 0.506. The summed E-state index contributed by atoms with van der Waals surface area (Å²) < 4.78 is 3.80. The Bertz CT molecular complexity index is 1090. The Balaban J connectivity index is 1.57. The lowest BCUT2D eigenvalue weighted by Gasteiger charge is -2.03. The van der Waals surface area contributed by atoms with Gasteiger partial charge in [0.2, 0.25) is 0 Å². The van der Waals surface area contributed by atoms with E-state index in [-0.39, 0.29) is 0 Å². The zero-order valence-electron chi connectivity index (χ0n) is 15.8. The smallest absolute Gasteiger partial charge is 0.0917 e. The number of hydrogen-bond acceptors (Lipinski definition) is 3. The second-order valence-corrected chi connectivity index (χ2v) is 6.73. The average Bonchev–Trinajstić information content (AvgIpc) is 3.34. The van der Waals surface area contributed by atoms with E-state index in [0.717, 1.165) is 47.4 Å². The molecule has 136 valence electrons. The van der Waals surface area contributed by atoms with Gasteiger partial charge in [-0.3, -0.25) is 9.67 Å². The summed E-state index contributed by atoms with van der Waals surface area (Å²) in [4.78, 5) is 4.57. The van der Waals surface area contributed by atoms with Gasteiger partial charge in [-0.05, 0) is 35.6 Å². The average molecular weight is 357 g/mol. The Labute approximate surface area is 159 Å². The van der Waals surface area contributed by atoms with Gasteiger partial charge < -0.3 is 0 Å². The maximum atomic E-state index is 4.61. The van der Waals surface area contributed by atoms with E-state index in [0.29, 0.717) is 0 Å². The fraction of sp³-hybridized carbons (Fsp3) is 0.227. The summed E-state index contributed by atoms with van der Waals surface area (Å²) >= 11 is 0. The molecule has 4 aromatic rings. The Morgan fingerprint density at radius 1 is 1.04 bits per heavy atom. The molecule has 3 heterocycles. The van der Waals surface area contributed by atoms with Crippen molar-refractivity contribution in [1.82, 2.24) is 24.4 Å². The van der Waals surface area contributed by atoms with Gasteiger partial charge in [-0.15, -0.1) is 0 Å². The summed E-state index contributed by atoms with van der Waals surface area (Å²) in [7, 11) is 0. The standard InChI is InChI=1S/C22H23N5/c1-4-16(3)21-10-20-12-23-22(15-27(20)25-21)19-11-24-26(14-19)13-18-8-6-17(5-2)7-9-18/h6-12,14-15H,3-5,13H2,1-2H3. The van der Waals surface area contributed by atoms with Gasteiger partial charge in [-0.25, -0.2) is 4.52 Å². The van der Waals surface area contributed by atoms with Crippen LogP contribution in [0.4, 0.5) is 0 Å². The zero-order chi connectivity index (χ0) is 18.8. The van der Waals surface area contributed by atoms with Crippen LogP contribution >= 0.6 is 0 Å². The fourth-order valence-corrected chi connectivity index (χ4v) is 3.05. The fourth-order valence-electron chi connectivity index (χ4n) is 3.05. The van der Waals surface area contributed by atoms with Crippen LogP contribution in [0.25, 0.3) is 22.3 Å². The van der Waals surface area contributed by atoms with Gasteiger partial charge in [0.1, 0.15) is 0 Å². The van der Waals surface area contributed by atoms with Gasteiger partial charge in [0.15, 0.2) is 0 Å². The van der Waals surface area contributed by atoms with E-state index in [1.807, 2.05) is 40.1 Å². The van der Waals surface area contributed by atoms with E-state index in [9.17, 15) is 0 Å². The summed E-state index contributed by atoms with van der Waals surface area (Å²) in [6, 6.07) is 10.7. The molecule has 0 radical (unpaired) electrons. The molecule has 0 saturated heterocycles. The molecule has 0 N–H and O–H groups in total. The number of hydrogen-bond donors (Lipinski definition) is 0. The molecule has 0 aliphatic carbocycles. The number of allylic oxidation sites excluding steroid dienone is 1. The van der Waals surface area contributed by atoms with Crippen molar-refractivity contribution in [2.75, 3.05) is 0 Å². The summed E-state index contributed by atoms with van der Waals surface area (Å²) in [6.45, 7) is 9.06. The molecule has 0 aliphatic rings. The molecule has 0 fully saturated rings. The third-order valence-corrected chi connectivity index (χ3v) is 4.84. The molecule has 1 aromatic carbocycles. The summed E-state index contributed by atoms with van der Waals surface area (Å²) in [5.74, 6) is 0. The van der Waals surface area contributed by atoms with Gasteiger partial charge >= 0.3 is 0 Å². The monoisotopic (exact) mass is 357 g/mol. The van der Waals surface area contributed by atoms with E-state index < -0.39 is 0 Å². The van der Waals surface area contributed by atoms with Crippen molar-refractivity contribution in [3.63, 3.8) is 0 Å². The number of rotatable bonds is 6. The van der Waals surface area contributed by atoms with Crippen molar-refractivity contribution < 1.29 is 0 Å². The lowest BCUT2D eigenvalue weighted by Crippen LogP contribution is -1.99. The van der Waals surface area contributed by atoms with Crippen molar-refractivity contribution in [3.05, 3.63) is 78.5 Å². The van der Waals surface area contributed by atoms with Crippen LogP contribution in [-0.2, 0) is 13.0 Å². The highest BCUT2D eigenvalue weighted by Gasteiger charge is 2.08. The van der Waals surface area contributed by atoms with Crippen LogP contribution in [-0.4, -0.2) is 24.4 Å². The van der Waals surface area contributed by atoms with Gasteiger partial charge in [-0.2, -0.15) is 10.2 Å². The number of aryl methyl sites for hydroxylation is 1. The molecule has 27 heavy (non-hydrogen) atoms. The lowest BCUT2D eigenvalue weighted by molar-refractivity contribution is 0.687. The molecule has 0 saturated carbocycles. The van der Waals surface area contributed by atoms with Crippen LogP contribution in [0.5, 0.6) is 0 Å². The maximum Gasteiger partial charge on any atom is 0.0917 e. The number of nitrogens with zero attached hydrogens (tertiary/aromatic N) is 5. The molecule has 5 nitrogen and oxygen atoms in total. The highest BCUT2D eigenvalue weighted by atomic mass is 15.3. The van der Waals surface area contributed by atoms with Crippen molar-refractivity contribution in [2.24, 2.45) is 0 Å². The van der Waals surface area contributed by atoms with Crippen LogP contribution in [0.2, 0.25) is 0 Å². The van der Waals surface area contributed by atoms with E-state index in [4.69, 9.17) is 0 Å². The van der Waals surface area contributed by atoms with Crippen molar-refractivity contribution >= 4 is 11.1 Å². The van der Waals surface area contributed by atoms with Crippen LogP contribution in [0, 0.1) is 0 Å². The minimum absolute atomic E-state index is 0.745.